The van der Waals surface area contributed by atoms with E-state index in [1.165, 1.54) is 0 Å². The van der Waals surface area contributed by atoms with E-state index in [1.807, 2.05) is 50.2 Å². The lowest BCUT2D eigenvalue weighted by molar-refractivity contribution is 0.0389. The number of benzene rings is 3. The van der Waals surface area contributed by atoms with Gasteiger partial charge >= 0.3 is 5.97 Å². The number of esters is 1. The molecule has 0 aliphatic heterocycles. The summed E-state index contributed by atoms with van der Waals surface area (Å²) in [5, 5.41) is 13.5. The van der Waals surface area contributed by atoms with Gasteiger partial charge in [-0.05, 0) is 43.7 Å². The average molecular weight is 468 g/mol. The van der Waals surface area contributed by atoms with E-state index in [4.69, 9.17) is 25.8 Å². The molecule has 0 saturated carbocycles. The molecular formula is C26H26ClNO5. The van der Waals surface area contributed by atoms with Crippen LogP contribution in [0.4, 0.5) is 0 Å². The highest BCUT2D eigenvalue weighted by Gasteiger charge is 2.24. The second-order valence-electron chi connectivity index (χ2n) is 7.84. The molecular weight excluding hydrogens is 442 g/mol. The molecule has 7 heteroatoms. The van der Waals surface area contributed by atoms with Crippen molar-refractivity contribution in [1.29, 1.82) is 0 Å². The molecule has 0 amide bonds. The maximum atomic E-state index is 13.0. The summed E-state index contributed by atoms with van der Waals surface area (Å²) in [6, 6.07) is 14.7. The highest BCUT2D eigenvalue weighted by molar-refractivity contribution is 6.30. The number of hydrogen-bond donors (Lipinski definition) is 1. The van der Waals surface area contributed by atoms with Gasteiger partial charge in [0, 0.05) is 34.0 Å². The summed E-state index contributed by atoms with van der Waals surface area (Å²) in [4.78, 5) is 13.0. The van der Waals surface area contributed by atoms with Gasteiger partial charge in [0.2, 0.25) is 0 Å². The van der Waals surface area contributed by atoms with E-state index in [0.717, 1.165) is 33.3 Å². The number of halogens is 1. The first-order valence-corrected chi connectivity index (χ1v) is 11.1. The fraction of sp³-hybridized carbons (Fsp3) is 0.269. The van der Waals surface area contributed by atoms with E-state index in [1.54, 1.807) is 19.2 Å². The molecule has 0 fully saturated rings. The van der Waals surface area contributed by atoms with Gasteiger partial charge in [0.1, 0.15) is 24.7 Å². The molecule has 6 nitrogen and oxygen atoms in total. The molecule has 0 bridgehead atoms. The van der Waals surface area contributed by atoms with Crippen LogP contribution in [0.15, 0.2) is 48.5 Å². The normalized spacial score (nSPS) is 11.3. The molecule has 0 aliphatic carbocycles. The Hall–Kier alpha value is -3.22. The highest BCUT2D eigenvalue weighted by Crippen LogP contribution is 2.37. The fourth-order valence-corrected chi connectivity index (χ4v) is 4.40. The van der Waals surface area contributed by atoms with Gasteiger partial charge < -0.3 is 23.9 Å². The summed E-state index contributed by atoms with van der Waals surface area (Å²) in [5.74, 6) is 0.432. The molecule has 0 saturated heterocycles. The van der Waals surface area contributed by atoms with E-state index >= 15 is 0 Å². The van der Waals surface area contributed by atoms with E-state index < -0.39 is 5.97 Å². The van der Waals surface area contributed by atoms with Gasteiger partial charge in [0.25, 0.3) is 0 Å². The van der Waals surface area contributed by atoms with Crippen molar-refractivity contribution < 1.29 is 24.1 Å². The van der Waals surface area contributed by atoms with Crippen molar-refractivity contribution >= 4 is 39.2 Å². The maximum Gasteiger partial charge on any atom is 0.340 e. The van der Waals surface area contributed by atoms with Crippen LogP contribution in [0, 0.1) is 13.8 Å². The number of aromatic hydroxyl groups is 1. The minimum atomic E-state index is -0.447. The van der Waals surface area contributed by atoms with Gasteiger partial charge in [-0.3, -0.25) is 0 Å². The quantitative estimate of drug-likeness (QED) is 0.268. The van der Waals surface area contributed by atoms with Crippen molar-refractivity contribution in [2.75, 3.05) is 26.9 Å². The topological polar surface area (TPSA) is 69.9 Å². The lowest BCUT2D eigenvalue weighted by atomic mass is 10.0. The predicted octanol–water partition coefficient (Wildman–Crippen LogP) is 5.65. The number of phenols is 1. The number of methoxy groups -OCH3 is 1. The number of carbonyl (C=O) groups is 1. The summed E-state index contributed by atoms with van der Waals surface area (Å²) in [5.41, 5.74) is 3.00. The molecule has 4 aromatic rings. The predicted molar refractivity (Wildman–Crippen MR) is 130 cm³/mol. The number of aromatic nitrogens is 1. The zero-order chi connectivity index (χ0) is 23.5. The molecule has 0 spiro atoms. The highest BCUT2D eigenvalue weighted by atomic mass is 35.5. The Kier molecular flexibility index (Phi) is 6.77. The lowest BCUT2D eigenvalue weighted by Crippen LogP contribution is -2.13. The largest absolute Gasteiger partial charge is 0.507 e. The summed E-state index contributed by atoms with van der Waals surface area (Å²) < 4.78 is 18.5. The smallest absolute Gasteiger partial charge is 0.340 e. The number of fused-ring (bicyclic) bond motifs is 3. The molecule has 172 valence electrons. The minimum Gasteiger partial charge on any atom is -0.507 e. The Balaban J connectivity index is 1.76. The second kappa shape index (κ2) is 9.73. The average Bonchev–Trinajstić information content (AvgIpc) is 3.07. The Labute approximate surface area is 197 Å². The first-order chi connectivity index (χ1) is 15.9. The van der Waals surface area contributed by atoms with Gasteiger partial charge in [-0.1, -0.05) is 35.9 Å². The molecule has 33 heavy (non-hydrogen) atoms. The van der Waals surface area contributed by atoms with Crippen LogP contribution in [-0.4, -0.2) is 42.6 Å². The first-order valence-electron chi connectivity index (χ1n) is 10.7. The number of nitrogens with zero attached hydrogens (tertiary/aromatic N) is 1. The molecule has 0 aliphatic rings. The monoisotopic (exact) mass is 467 g/mol. The number of ether oxygens (including phenoxy) is 3. The number of carbonyl (C=O) groups excluding carboxylic acids is 1. The van der Waals surface area contributed by atoms with E-state index in [-0.39, 0.29) is 12.4 Å². The Bertz CT molecular complexity index is 1330. The summed E-state index contributed by atoms with van der Waals surface area (Å²) in [6.45, 7) is 5.19. The van der Waals surface area contributed by atoms with Crippen LogP contribution >= 0.6 is 11.6 Å². The summed E-state index contributed by atoms with van der Waals surface area (Å²) in [7, 11) is 1.55. The second-order valence-corrected chi connectivity index (χ2v) is 8.27. The molecule has 1 heterocycles. The van der Waals surface area contributed by atoms with E-state index in [2.05, 4.69) is 4.57 Å². The van der Waals surface area contributed by atoms with Crippen LogP contribution in [0.5, 0.6) is 11.5 Å². The number of phenolic OH excluding ortho intramolecular Hbond substituents is 1. The standard InChI is InChI=1S/C26H26ClNO5/c1-16-14-18(27)8-9-23(16)32-11-10-28-17(2)24(26(30)33-13-12-31-3)21-15-22(29)19-6-4-5-7-20(19)25(21)28/h4-9,14-15,29H,10-13H2,1-3H3. The molecule has 0 unspecified atom stereocenters. The van der Waals surface area contributed by atoms with E-state index in [9.17, 15) is 9.90 Å². The van der Waals surface area contributed by atoms with Gasteiger partial charge in [0.05, 0.1) is 24.2 Å². The van der Waals surface area contributed by atoms with Crippen LogP contribution in [0.1, 0.15) is 21.6 Å². The van der Waals surface area contributed by atoms with Crippen molar-refractivity contribution in [1.82, 2.24) is 4.57 Å². The molecule has 0 atom stereocenters. The minimum absolute atomic E-state index is 0.120. The fourth-order valence-electron chi connectivity index (χ4n) is 4.17. The van der Waals surface area contributed by atoms with Crippen molar-refractivity contribution in [3.8, 4) is 11.5 Å². The van der Waals surface area contributed by atoms with Crippen LogP contribution in [0.3, 0.4) is 0 Å². The Morgan fingerprint density at radius 2 is 1.76 bits per heavy atom. The third kappa shape index (κ3) is 4.49. The zero-order valence-corrected chi connectivity index (χ0v) is 19.6. The third-order valence-electron chi connectivity index (χ3n) is 5.73. The SMILES string of the molecule is COCCOC(=O)c1c(C)n(CCOc2ccc(Cl)cc2C)c2c1cc(O)c1ccccc12. The first kappa shape index (κ1) is 23.0. The summed E-state index contributed by atoms with van der Waals surface area (Å²) >= 11 is 6.05. The number of rotatable bonds is 8. The summed E-state index contributed by atoms with van der Waals surface area (Å²) in [6.07, 6.45) is 0. The van der Waals surface area contributed by atoms with Crippen molar-refractivity contribution in [2.24, 2.45) is 0 Å². The van der Waals surface area contributed by atoms with Crippen LogP contribution in [-0.2, 0) is 16.0 Å². The van der Waals surface area contributed by atoms with Gasteiger partial charge in [0.15, 0.2) is 0 Å². The number of hydrogen-bond acceptors (Lipinski definition) is 5. The molecule has 1 N–H and O–H groups in total. The van der Waals surface area contributed by atoms with E-state index in [0.29, 0.717) is 35.7 Å². The maximum absolute atomic E-state index is 13.0. The van der Waals surface area contributed by atoms with Gasteiger partial charge in [-0.15, -0.1) is 0 Å². The number of aryl methyl sites for hydroxylation is 1. The molecule has 3 aromatic carbocycles. The van der Waals surface area contributed by atoms with Crippen molar-refractivity contribution in [2.45, 2.75) is 20.4 Å². The van der Waals surface area contributed by atoms with Gasteiger partial charge in [-0.25, -0.2) is 4.79 Å². The Morgan fingerprint density at radius 3 is 2.48 bits per heavy atom. The third-order valence-corrected chi connectivity index (χ3v) is 5.97. The molecule has 4 rings (SSSR count). The van der Waals surface area contributed by atoms with Crippen LogP contribution in [0.25, 0.3) is 21.7 Å². The zero-order valence-electron chi connectivity index (χ0n) is 18.9. The van der Waals surface area contributed by atoms with Crippen LogP contribution < -0.4 is 4.74 Å². The lowest BCUT2D eigenvalue weighted by Gasteiger charge is -2.13. The molecule has 1 aromatic heterocycles. The molecule has 0 radical (unpaired) electrons. The van der Waals surface area contributed by atoms with Crippen molar-refractivity contribution in [3.05, 3.63) is 70.4 Å². The van der Waals surface area contributed by atoms with Gasteiger partial charge in [-0.2, -0.15) is 0 Å². The van der Waals surface area contributed by atoms with Crippen LogP contribution in [0.2, 0.25) is 5.02 Å². The Morgan fingerprint density at radius 1 is 1.00 bits per heavy atom. The van der Waals surface area contributed by atoms with Crippen molar-refractivity contribution in [3.63, 3.8) is 0 Å².